The first-order valence-corrected chi connectivity index (χ1v) is 9.56. The van der Waals surface area contributed by atoms with Gasteiger partial charge in [-0.2, -0.15) is 0 Å². The number of hydrogen-bond donors (Lipinski definition) is 0. The fraction of sp³-hybridized carbons (Fsp3) is 0.947. The first-order chi connectivity index (χ1) is 10.7. The van der Waals surface area contributed by atoms with Crippen LogP contribution in [0.2, 0.25) is 0 Å². The number of ether oxygens (including phenoxy) is 2. The lowest BCUT2D eigenvalue weighted by Crippen LogP contribution is -2.27. The fourth-order valence-electron chi connectivity index (χ4n) is 2.97. The molecular formula is C19H36O3. The van der Waals surface area contributed by atoms with Gasteiger partial charge in [-0.05, 0) is 19.8 Å². The summed E-state index contributed by atoms with van der Waals surface area (Å²) in [4.78, 5) is 11.7. The monoisotopic (exact) mass is 312 g/mol. The Morgan fingerprint density at radius 3 is 1.73 bits per heavy atom. The van der Waals surface area contributed by atoms with E-state index in [4.69, 9.17) is 9.47 Å². The van der Waals surface area contributed by atoms with Crippen molar-refractivity contribution in [2.24, 2.45) is 0 Å². The SMILES string of the molecule is CCCCCCCCCCCCCCC1(C(=O)OCC)CO1. The van der Waals surface area contributed by atoms with E-state index in [-0.39, 0.29) is 5.97 Å². The Balaban J connectivity index is 1.83. The smallest absolute Gasteiger partial charge is 0.340 e. The molecule has 0 bridgehead atoms. The predicted octanol–water partition coefficient (Wildman–Crippen LogP) is 5.41. The molecule has 22 heavy (non-hydrogen) atoms. The second-order valence-corrected chi connectivity index (χ2v) is 6.64. The van der Waals surface area contributed by atoms with Crippen LogP contribution in [0.15, 0.2) is 0 Å². The molecule has 0 N–H and O–H groups in total. The first-order valence-electron chi connectivity index (χ1n) is 9.56. The van der Waals surface area contributed by atoms with Crippen molar-refractivity contribution < 1.29 is 14.3 Å². The van der Waals surface area contributed by atoms with Gasteiger partial charge in [-0.1, -0.05) is 77.6 Å². The highest BCUT2D eigenvalue weighted by molar-refractivity contribution is 5.82. The van der Waals surface area contributed by atoms with Crippen molar-refractivity contribution >= 4 is 5.97 Å². The van der Waals surface area contributed by atoms with E-state index in [0.717, 1.165) is 12.8 Å². The number of carbonyl (C=O) groups is 1. The van der Waals surface area contributed by atoms with E-state index in [1.165, 1.54) is 70.6 Å². The van der Waals surface area contributed by atoms with Gasteiger partial charge < -0.3 is 9.47 Å². The van der Waals surface area contributed by atoms with Gasteiger partial charge in [0.05, 0.1) is 13.2 Å². The van der Waals surface area contributed by atoms with Crippen molar-refractivity contribution in [3.8, 4) is 0 Å². The summed E-state index contributed by atoms with van der Waals surface area (Å²) in [6, 6.07) is 0. The Kier molecular flexibility index (Phi) is 10.6. The second-order valence-electron chi connectivity index (χ2n) is 6.64. The van der Waals surface area contributed by atoms with E-state index in [1.807, 2.05) is 6.92 Å². The molecule has 1 atom stereocenters. The molecule has 1 aliphatic rings. The van der Waals surface area contributed by atoms with Crippen molar-refractivity contribution in [2.75, 3.05) is 13.2 Å². The normalized spacial score (nSPS) is 20.1. The van der Waals surface area contributed by atoms with Crippen LogP contribution in [0.3, 0.4) is 0 Å². The van der Waals surface area contributed by atoms with Gasteiger partial charge in [-0.25, -0.2) is 4.79 Å². The van der Waals surface area contributed by atoms with E-state index >= 15 is 0 Å². The molecule has 0 saturated carbocycles. The van der Waals surface area contributed by atoms with Crippen LogP contribution in [0.4, 0.5) is 0 Å². The number of epoxide rings is 1. The van der Waals surface area contributed by atoms with Crippen molar-refractivity contribution in [1.29, 1.82) is 0 Å². The Morgan fingerprint density at radius 1 is 0.864 bits per heavy atom. The first kappa shape index (κ1) is 19.5. The van der Waals surface area contributed by atoms with Gasteiger partial charge in [0.1, 0.15) is 0 Å². The van der Waals surface area contributed by atoms with E-state index in [0.29, 0.717) is 13.2 Å². The number of carbonyl (C=O) groups excluding carboxylic acids is 1. The van der Waals surface area contributed by atoms with E-state index in [2.05, 4.69) is 6.92 Å². The molecule has 3 nitrogen and oxygen atoms in total. The van der Waals surface area contributed by atoms with Crippen molar-refractivity contribution in [3.05, 3.63) is 0 Å². The molecule has 0 aliphatic carbocycles. The molecule has 1 fully saturated rings. The van der Waals surface area contributed by atoms with Gasteiger partial charge in [0.15, 0.2) is 5.60 Å². The van der Waals surface area contributed by atoms with E-state index in [9.17, 15) is 4.79 Å². The van der Waals surface area contributed by atoms with Crippen LogP contribution in [0.25, 0.3) is 0 Å². The standard InChI is InChI=1S/C19H36O3/c1-3-5-6-7-8-9-10-11-12-13-14-15-16-19(17-22-19)18(20)21-4-2/h3-17H2,1-2H3. The second kappa shape index (κ2) is 11.9. The van der Waals surface area contributed by atoms with E-state index < -0.39 is 5.60 Å². The van der Waals surface area contributed by atoms with Crippen LogP contribution in [-0.2, 0) is 14.3 Å². The molecule has 1 aliphatic heterocycles. The molecule has 0 aromatic heterocycles. The highest BCUT2D eigenvalue weighted by atomic mass is 16.6. The maximum atomic E-state index is 11.7. The van der Waals surface area contributed by atoms with Gasteiger partial charge in [0.2, 0.25) is 0 Å². The molecule has 0 spiro atoms. The summed E-state index contributed by atoms with van der Waals surface area (Å²) in [7, 11) is 0. The highest BCUT2D eigenvalue weighted by Crippen LogP contribution is 2.34. The molecule has 1 rings (SSSR count). The van der Waals surface area contributed by atoms with Crippen LogP contribution in [0.1, 0.15) is 97.3 Å². The average molecular weight is 312 g/mol. The lowest BCUT2D eigenvalue weighted by atomic mass is 10.0. The summed E-state index contributed by atoms with van der Waals surface area (Å²) < 4.78 is 10.4. The minimum Gasteiger partial charge on any atom is -0.464 e. The number of unbranched alkanes of at least 4 members (excludes halogenated alkanes) is 11. The lowest BCUT2D eigenvalue weighted by Gasteiger charge is -2.10. The molecule has 0 aromatic rings. The Morgan fingerprint density at radius 2 is 1.32 bits per heavy atom. The van der Waals surface area contributed by atoms with Gasteiger partial charge in [0.25, 0.3) is 0 Å². The van der Waals surface area contributed by atoms with Crippen LogP contribution in [0.5, 0.6) is 0 Å². The topological polar surface area (TPSA) is 38.8 Å². The molecule has 3 heteroatoms. The molecule has 0 aromatic carbocycles. The quantitative estimate of drug-likeness (QED) is 0.230. The Hall–Kier alpha value is -0.570. The molecule has 0 radical (unpaired) electrons. The maximum Gasteiger partial charge on any atom is 0.340 e. The van der Waals surface area contributed by atoms with Gasteiger partial charge >= 0.3 is 5.97 Å². The maximum absolute atomic E-state index is 11.7. The number of rotatable bonds is 15. The minimum absolute atomic E-state index is 0.155. The molecule has 1 unspecified atom stereocenters. The average Bonchev–Trinajstić information content (AvgIpc) is 3.30. The largest absolute Gasteiger partial charge is 0.464 e. The summed E-state index contributed by atoms with van der Waals surface area (Å²) in [5, 5.41) is 0. The third-order valence-corrected chi connectivity index (χ3v) is 4.57. The van der Waals surface area contributed by atoms with Crippen molar-refractivity contribution in [2.45, 2.75) is 103 Å². The van der Waals surface area contributed by atoms with Crippen LogP contribution in [-0.4, -0.2) is 24.8 Å². The molecule has 130 valence electrons. The Bertz CT molecular complexity index is 284. The summed E-state index contributed by atoms with van der Waals surface area (Å²) in [6.45, 7) is 5.12. The zero-order valence-electron chi connectivity index (χ0n) is 14.8. The molecular weight excluding hydrogens is 276 g/mol. The molecule has 1 saturated heterocycles. The summed E-state index contributed by atoms with van der Waals surface area (Å²) >= 11 is 0. The van der Waals surface area contributed by atoms with Gasteiger partial charge in [-0.15, -0.1) is 0 Å². The third kappa shape index (κ3) is 8.17. The van der Waals surface area contributed by atoms with Crippen LogP contribution in [0, 0.1) is 0 Å². The number of esters is 1. The highest BCUT2D eigenvalue weighted by Gasteiger charge is 2.52. The zero-order chi connectivity index (χ0) is 16.1. The Labute approximate surface area is 137 Å². The van der Waals surface area contributed by atoms with E-state index in [1.54, 1.807) is 0 Å². The zero-order valence-corrected chi connectivity index (χ0v) is 14.8. The van der Waals surface area contributed by atoms with Gasteiger partial charge in [0, 0.05) is 0 Å². The fourth-order valence-corrected chi connectivity index (χ4v) is 2.97. The predicted molar refractivity (Wildman–Crippen MR) is 91.0 cm³/mol. The number of hydrogen-bond acceptors (Lipinski definition) is 3. The van der Waals surface area contributed by atoms with Crippen molar-refractivity contribution in [3.63, 3.8) is 0 Å². The molecule has 0 amide bonds. The third-order valence-electron chi connectivity index (χ3n) is 4.57. The minimum atomic E-state index is -0.561. The molecule has 1 heterocycles. The van der Waals surface area contributed by atoms with Gasteiger partial charge in [-0.3, -0.25) is 0 Å². The van der Waals surface area contributed by atoms with Crippen LogP contribution >= 0.6 is 0 Å². The summed E-state index contributed by atoms with van der Waals surface area (Å²) in [5.74, 6) is -0.155. The summed E-state index contributed by atoms with van der Waals surface area (Å²) in [5.41, 5.74) is -0.561. The van der Waals surface area contributed by atoms with Crippen molar-refractivity contribution in [1.82, 2.24) is 0 Å². The van der Waals surface area contributed by atoms with Crippen LogP contribution < -0.4 is 0 Å². The summed E-state index contributed by atoms with van der Waals surface area (Å²) in [6.07, 6.45) is 16.9. The lowest BCUT2D eigenvalue weighted by molar-refractivity contribution is -0.149.